The standard InChI is InChI=1S/C22H30N2O2/c25-21(14-6-10-18-8-2-1-3-9-18)23-16-15-22(26)24-17-7-12-19-11-4-5-13-20(19)24/h1-3,8-9,13,19H,4-7,10-12,14-17H2,(H,23,25). The highest BCUT2D eigenvalue weighted by Gasteiger charge is 2.29. The molecule has 0 aromatic heterocycles. The van der Waals surface area contributed by atoms with Gasteiger partial charge in [-0.25, -0.2) is 0 Å². The van der Waals surface area contributed by atoms with Crippen LogP contribution < -0.4 is 5.32 Å². The fraction of sp³-hybridized carbons (Fsp3) is 0.545. The van der Waals surface area contributed by atoms with Crippen molar-refractivity contribution in [1.82, 2.24) is 10.2 Å². The zero-order chi connectivity index (χ0) is 18.2. The minimum Gasteiger partial charge on any atom is -0.356 e. The Balaban J connectivity index is 1.35. The van der Waals surface area contributed by atoms with Gasteiger partial charge in [-0.3, -0.25) is 9.59 Å². The van der Waals surface area contributed by atoms with Gasteiger partial charge in [0.25, 0.3) is 0 Å². The SMILES string of the molecule is O=C(CCCc1ccccc1)NCCC(=O)N1CCCC2CCCC=C21. The van der Waals surface area contributed by atoms with Crippen molar-refractivity contribution in [1.29, 1.82) is 0 Å². The molecule has 0 saturated carbocycles. The summed E-state index contributed by atoms with van der Waals surface area (Å²) in [7, 11) is 0. The predicted octanol–water partition coefficient (Wildman–Crippen LogP) is 3.82. The average molecular weight is 354 g/mol. The summed E-state index contributed by atoms with van der Waals surface area (Å²) in [5.41, 5.74) is 2.51. The highest BCUT2D eigenvalue weighted by molar-refractivity contribution is 5.80. The predicted molar refractivity (Wildman–Crippen MR) is 103 cm³/mol. The molecule has 1 aliphatic heterocycles. The van der Waals surface area contributed by atoms with Crippen LogP contribution in [0.25, 0.3) is 0 Å². The van der Waals surface area contributed by atoms with Crippen molar-refractivity contribution in [3.8, 4) is 0 Å². The van der Waals surface area contributed by atoms with Crippen LogP contribution in [0, 0.1) is 5.92 Å². The number of piperidine rings is 1. The number of hydrogen-bond acceptors (Lipinski definition) is 2. The van der Waals surface area contributed by atoms with Gasteiger partial charge in [0.15, 0.2) is 0 Å². The molecule has 2 amide bonds. The van der Waals surface area contributed by atoms with E-state index in [-0.39, 0.29) is 11.8 Å². The van der Waals surface area contributed by atoms with E-state index in [0.29, 0.717) is 25.3 Å². The van der Waals surface area contributed by atoms with E-state index in [1.807, 2.05) is 23.1 Å². The zero-order valence-electron chi connectivity index (χ0n) is 15.6. The molecule has 0 bridgehead atoms. The lowest BCUT2D eigenvalue weighted by molar-refractivity contribution is -0.130. The van der Waals surface area contributed by atoms with Crippen LogP contribution >= 0.6 is 0 Å². The van der Waals surface area contributed by atoms with Crippen molar-refractivity contribution in [2.45, 2.75) is 57.8 Å². The van der Waals surface area contributed by atoms with Gasteiger partial charge in [0.1, 0.15) is 0 Å². The Hall–Kier alpha value is -2.10. The average Bonchev–Trinajstić information content (AvgIpc) is 2.68. The number of amides is 2. The lowest BCUT2D eigenvalue weighted by Crippen LogP contribution is -2.40. The zero-order valence-corrected chi connectivity index (χ0v) is 15.6. The normalized spacial score (nSPS) is 19.5. The maximum atomic E-state index is 12.6. The van der Waals surface area contributed by atoms with Gasteiger partial charge in [0.2, 0.25) is 11.8 Å². The molecule has 140 valence electrons. The van der Waals surface area contributed by atoms with Crippen LogP contribution in [0.1, 0.15) is 56.9 Å². The molecule has 0 radical (unpaired) electrons. The third-order valence-electron chi connectivity index (χ3n) is 5.45. The monoisotopic (exact) mass is 354 g/mol. The molecule has 1 aromatic rings. The molecule has 1 fully saturated rings. The van der Waals surface area contributed by atoms with Crippen LogP contribution in [0.5, 0.6) is 0 Å². The fourth-order valence-electron chi connectivity index (χ4n) is 4.08. The van der Waals surface area contributed by atoms with E-state index >= 15 is 0 Å². The number of likely N-dealkylation sites (tertiary alicyclic amines) is 1. The Labute approximate surface area is 156 Å². The second-order valence-corrected chi connectivity index (χ2v) is 7.38. The summed E-state index contributed by atoms with van der Waals surface area (Å²) >= 11 is 0. The Morgan fingerprint density at radius 2 is 1.88 bits per heavy atom. The third-order valence-corrected chi connectivity index (χ3v) is 5.45. The second kappa shape index (κ2) is 9.56. The molecule has 3 rings (SSSR count). The molecule has 1 N–H and O–H groups in total. The van der Waals surface area contributed by atoms with Crippen LogP contribution in [0.3, 0.4) is 0 Å². The summed E-state index contributed by atoms with van der Waals surface area (Å²) in [6.45, 7) is 1.28. The minimum absolute atomic E-state index is 0.0436. The van der Waals surface area contributed by atoms with Gasteiger partial charge < -0.3 is 10.2 Å². The third kappa shape index (κ3) is 5.20. The summed E-state index contributed by atoms with van der Waals surface area (Å²) < 4.78 is 0. The number of benzene rings is 1. The summed E-state index contributed by atoms with van der Waals surface area (Å²) in [4.78, 5) is 26.5. The smallest absolute Gasteiger partial charge is 0.228 e. The van der Waals surface area contributed by atoms with Crippen LogP contribution in [0.15, 0.2) is 42.1 Å². The van der Waals surface area contributed by atoms with Crippen LogP contribution in [-0.2, 0) is 16.0 Å². The van der Waals surface area contributed by atoms with Gasteiger partial charge in [-0.15, -0.1) is 0 Å². The summed E-state index contributed by atoms with van der Waals surface area (Å²) in [5, 5.41) is 2.91. The van der Waals surface area contributed by atoms with E-state index in [2.05, 4.69) is 23.5 Å². The van der Waals surface area contributed by atoms with Crippen molar-refractivity contribution in [3.05, 3.63) is 47.7 Å². The molecule has 1 unspecified atom stereocenters. The maximum Gasteiger partial charge on any atom is 0.228 e. The van der Waals surface area contributed by atoms with Crippen molar-refractivity contribution in [2.24, 2.45) is 5.92 Å². The fourth-order valence-corrected chi connectivity index (χ4v) is 4.08. The Bertz CT molecular complexity index is 639. The number of allylic oxidation sites excluding steroid dienone is 2. The number of carbonyl (C=O) groups is 2. The van der Waals surface area contributed by atoms with E-state index < -0.39 is 0 Å². The molecule has 1 heterocycles. The van der Waals surface area contributed by atoms with Gasteiger partial charge in [-0.1, -0.05) is 36.4 Å². The first kappa shape index (κ1) is 18.7. The van der Waals surface area contributed by atoms with Crippen LogP contribution in [-0.4, -0.2) is 29.8 Å². The maximum absolute atomic E-state index is 12.6. The van der Waals surface area contributed by atoms with E-state index in [1.54, 1.807) is 0 Å². The number of rotatable bonds is 7. The lowest BCUT2D eigenvalue weighted by Gasteiger charge is -2.38. The Kier molecular flexibility index (Phi) is 6.87. The minimum atomic E-state index is 0.0436. The summed E-state index contributed by atoms with van der Waals surface area (Å²) in [5.74, 6) is 0.781. The van der Waals surface area contributed by atoms with Crippen molar-refractivity contribution in [3.63, 3.8) is 0 Å². The van der Waals surface area contributed by atoms with Crippen LogP contribution in [0.4, 0.5) is 0 Å². The van der Waals surface area contributed by atoms with E-state index in [0.717, 1.165) is 32.2 Å². The number of fused-ring (bicyclic) bond motifs is 1. The van der Waals surface area contributed by atoms with Crippen molar-refractivity contribution >= 4 is 11.8 Å². The van der Waals surface area contributed by atoms with Gasteiger partial charge in [0, 0.05) is 31.6 Å². The number of aryl methyl sites for hydroxylation is 1. The highest BCUT2D eigenvalue weighted by Crippen LogP contribution is 2.35. The first-order valence-electron chi connectivity index (χ1n) is 10.0. The first-order valence-corrected chi connectivity index (χ1v) is 10.0. The highest BCUT2D eigenvalue weighted by atomic mass is 16.2. The molecule has 1 atom stereocenters. The van der Waals surface area contributed by atoms with Crippen molar-refractivity contribution in [2.75, 3.05) is 13.1 Å². The lowest BCUT2D eigenvalue weighted by atomic mass is 9.85. The molecule has 1 aliphatic carbocycles. The van der Waals surface area contributed by atoms with Crippen LogP contribution in [0.2, 0.25) is 0 Å². The molecule has 26 heavy (non-hydrogen) atoms. The number of carbonyl (C=O) groups excluding carboxylic acids is 2. The molecule has 4 nitrogen and oxygen atoms in total. The molecule has 4 heteroatoms. The molecular weight excluding hydrogens is 324 g/mol. The molecule has 1 aromatic carbocycles. The van der Waals surface area contributed by atoms with E-state index in [9.17, 15) is 9.59 Å². The number of nitrogens with one attached hydrogen (secondary N) is 1. The summed E-state index contributed by atoms with van der Waals surface area (Å²) in [6, 6.07) is 10.2. The quantitative estimate of drug-likeness (QED) is 0.809. The van der Waals surface area contributed by atoms with Gasteiger partial charge in [-0.05, 0) is 56.4 Å². The molecular formula is C22H30N2O2. The topological polar surface area (TPSA) is 49.4 Å². The van der Waals surface area contributed by atoms with Gasteiger partial charge >= 0.3 is 0 Å². The Morgan fingerprint density at radius 3 is 2.73 bits per heavy atom. The number of hydrogen-bond donors (Lipinski definition) is 1. The second-order valence-electron chi connectivity index (χ2n) is 7.38. The van der Waals surface area contributed by atoms with Gasteiger partial charge in [-0.2, -0.15) is 0 Å². The van der Waals surface area contributed by atoms with Gasteiger partial charge in [0.05, 0.1) is 0 Å². The number of nitrogens with zero attached hydrogens (tertiary/aromatic N) is 1. The van der Waals surface area contributed by atoms with E-state index in [4.69, 9.17) is 0 Å². The largest absolute Gasteiger partial charge is 0.356 e. The molecule has 0 spiro atoms. The molecule has 2 aliphatic rings. The Morgan fingerprint density at radius 1 is 1.08 bits per heavy atom. The van der Waals surface area contributed by atoms with Crippen molar-refractivity contribution < 1.29 is 9.59 Å². The van der Waals surface area contributed by atoms with E-state index in [1.165, 1.54) is 30.5 Å². The first-order chi connectivity index (χ1) is 12.7. The molecule has 1 saturated heterocycles. The summed E-state index contributed by atoms with van der Waals surface area (Å²) in [6.07, 6.45) is 10.8.